The van der Waals surface area contributed by atoms with E-state index >= 15 is 0 Å². The van der Waals surface area contributed by atoms with Crippen LogP contribution in [0.25, 0.3) is 0 Å². The Bertz CT molecular complexity index is 407. The zero-order valence-corrected chi connectivity index (χ0v) is 13.2. The average Bonchev–Trinajstić information content (AvgIpc) is 2.43. The van der Waals surface area contributed by atoms with Gasteiger partial charge in [0.25, 0.3) is 0 Å². The van der Waals surface area contributed by atoms with Crippen LogP contribution in [0.1, 0.15) is 25.8 Å². The fourth-order valence-corrected chi connectivity index (χ4v) is 2.05. The normalized spacial score (nSPS) is 12.4. The smallest absolute Gasteiger partial charge is 0.241 e. The van der Waals surface area contributed by atoms with Crippen LogP contribution in [0.4, 0.5) is 5.69 Å². The number of rotatable bonds is 8. The molecule has 20 heavy (non-hydrogen) atoms. The summed E-state index contributed by atoms with van der Waals surface area (Å²) in [7, 11) is 0. The minimum absolute atomic E-state index is 0.134. The first-order valence-corrected chi connectivity index (χ1v) is 8.18. The Kier molecular flexibility index (Phi) is 7.65. The molecule has 0 bridgehead atoms. The second-order valence-electron chi connectivity index (χ2n) is 4.93. The minimum atomic E-state index is -0.452. The minimum Gasteiger partial charge on any atom is -0.374 e. The lowest BCUT2D eigenvalue weighted by Gasteiger charge is -2.12. The molecule has 0 spiro atoms. The van der Waals surface area contributed by atoms with Crippen molar-refractivity contribution in [3.8, 4) is 0 Å². The number of nitrogens with one attached hydrogen (secondary N) is 1. The summed E-state index contributed by atoms with van der Waals surface area (Å²) >= 11 is 1.69. The highest BCUT2D eigenvalue weighted by Gasteiger charge is 2.12. The molecular weight excluding hydrogens is 272 g/mol. The number of benzene rings is 1. The van der Waals surface area contributed by atoms with Crippen molar-refractivity contribution in [2.45, 2.75) is 39.0 Å². The maximum atomic E-state index is 11.8. The molecule has 4 nitrogen and oxygen atoms in total. The van der Waals surface area contributed by atoms with Crippen LogP contribution in [-0.2, 0) is 16.1 Å². The summed E-state index contributed by atoms with van der Waals surface area (Å²) in [6, 6.07) is 7.19. The third-order valence-electron chi connectivity index (χ3n) is 2.77. The van der Waals surface area contributed by atoms with E-state index in [1.807, 2.05) is 44.4 Å². The first kappa shape index (κ1) is 17.0. The summed E-state index contributed by atoms with van der Waals surface area (Å²) in [5, 5.41) is 2.83. The molecule has 1 amide bonds. The van der Waals surface area contributed by atoms with E-state index in [-0.39, 0.29) is 12.0 Å². The molecule has 1 atom stereocenters. The van der Waals surface area contributed by atoms with Crippen LogP contribution in [0.3, 0.4) is 0 Å². The molecule has 3 N–H and O–H groups in total. The maximum Gasteiger partial charge on any atom is 0.241 e. The van der Waals surface area contributed by atoms with Gasteiger partial charge in [0.15, 0.2) is 0 Å². The number of hydrogen-bond donors (Lipinski definition) is 2. The molecule has 0 saturated heterocycles. The van der Waals surface area contributed by atoms with Crippen LogP contribution in [0.15, 0.2) is 24.3 Å². The van der Waals surface area contributed by atoms with E-state index in [0.29, 0.717) is 13.0 Å². The fraction of sp³-hybridized carbons (Fsp3) is 0.533. The van der Waals surface area contributed by atoms with E-state index in [9.17, 15) is 4.79 Å². The number of anilines is 1. The lowest BCUT2D eigenvalue weighted by Crippen LogP contribution is -2.36. The average molecular weight is 296 g/mol. The summed E-state index contributed by atoms with van der Waals surface area (Å²) in [5.41, 5.74) is 7.67. The standard InChI is InChI=1S/C15H24N2O2S/c1-11(2)19-10-12-4-6-13(7-5-12)17-15(18)14(16)8-9-20-3/h4-7,11,14H,8-10,16H2,1-3H3,(H,17,18)/t14-/m0/s1. The first-order valence-electron chi connectivity index (χ1n) is 6.79. The van der Waals surface area contributed by atoms with E-state index in [1.54, 1.807) is 11.8 Å². The van der Waals surface area contributed by atoms with Gasteiger partial charge in [0.2, 0.25) is 5.91 Å². The summed E-state index contributed by atoms with van der Waals surface area (Å²) < 4.78 is 5.52. The number of thioether (sulfide) groups is 1. The van der Waals surface area contributed by atoms with E-state index in [4.69, 9.17) is 10.5 Å². The van der Waals surface area contributed by atoms with Gasteiger partial charge in [-0.05, 0) is 50.0 Å². The molecule has 0 fully saturated rings. The van der Waals surface area contributed by atoms with Crippen LogP contribution in [-0.4, -0.2) is 30.1 Å². The van der Waals surface area contributed by atoms with Crippen LogP contribution < -0.4 is 11.1 Å². The Balaban J connectivity index is 2.46. The van der Waals surface area contributed by atoms with Crippen LogP contribution in [0.5, 0.6) is 0 Å². The second-order valence-corrected chi connectivity index (χ2v) is 5.92. The number of amides is 1. The number of hydrogen-bond acceptors (Lipinski definition) is 4. The molecule has 0 unspecified atom stereocenters. The van der Waals surface area contributed by atoms with Crippen molar-refractivity contribution < 1.29 is 9.53 Å². The molecule has 5 heteroatoms. The van der Waals surface area contributed by atoms with Gasteiger partial charge < -0.3 is 15.8 Å². The molecule has 0 saturated carbocycles. The molecule has 112 valence electrons. The third kappa shape index (κ3) is 6.41. The lowest BCUT2D eigenvalue weighted by molar-refractivity contribution is -0.117. The van der Waals surface area contributed by atoms with Gasteiger partial charge in [-0.3, -0.25) is 4.79 Å². The van der Waals surface area contributed by atoms with Gasteiger partial charge in [-0.1, -0.05) is 12.1 Å². The van der Waals surface area contributed by atoms with Crippen LogP contribution in [0.2, 0.25) is 0 Å². The number of ether oxygens (including phenoxy) is 1. The van der Waals surface area contributed by atoms with Gasteiger partial charge in [0.05, 0.1) is 18.8 Å². The molecule has 0 aliphatic heterocycles. The van der Waals surface area contributed by atoms with Crippen molar-refractivity contribution in [2.24, 2.45) is 5.73 Å². The molecule has 0 aliphatic carbocycles. The lowest BCUT2D eigenvalue weighted by atomic mass is 10.2. The monoisotopic (exact) mass is 296 g/mol. The van der Waals surface area contributed by atoms with E-state index in [0.717, 1.165) is 17.0 Å². The highest BCUT2D eigenvalue weighted by Crippen LogP contribution is 2.12. The van der Waals surface area contributed by atoms with Crippen molar-refractivity contribution in [3.05, 3.63) is 29.8 Å². The quantitative estimate of drug-likeness (QED) is 0.774. The highest BCUT2D eigenvalue weighted by molar-refractivity contribution is 7.98. The summed E-state index contributed by atoms with van der Waals surface area (Å²) in [4.78, 5) is 11.8. The summed E-state index contributed by atoms with van der Waals surface area (Å²) in [6.45, 7) is 4.59. The Morgan fingerprint density at radius 1 is 1.35 bits per heavy atom. The van der Waals surface area contributed by atoms with Gasteiger partial charge in [0, 0.05) is 5.69 Å². The predicted octanol–water partition coefficient (Wildman–Crippen LogP) is 2.63. The van der Waals surface area contributed by atoms with Crippen LogP contribution in [0, 0.1) is 0 Å². The number of carbonyl (C=O) groups is 1. The maximum absolute atomic E-state index is 11.8. The van der Waals surface area contributed by atoms with Crippen molar-refractivity contribution in [1.82, 2.24) is 0 Å². The molecule has 0 aliphatic rings. The van der Waals surface area contributed by atoms with Crippen LogP contribution >= 0.6 is 11.8 Å². The summed E-state index contributed by atoms with van der Waals surface area (Å²) in [6.07, 6.45) is 2.90. The van der Waals surface area contributed by atoms with Gasteiger partial charge in [0.1, 0.15) is 0 Å². The number of carbonyl (C=O) groups excluding carboxylic acids is 1. The van der Waals surface area contributed by atoms with Crippen molar-refractivity contribution in [3.63, 3.8) is 0 Å². The van der Waals surface area contributed by atoms with Gasteiger partial charge in [-0.15, -0.1) is 0 Å². The highest BCUT2D eigenvalue weighted by atomic mass is 32.2. The van der Waals surface area contributed by atoms with Crippen molar-refractivity contribution in [1.29, 1.82) is 0 Å². The van der Waals surface area contributed by atoms with Gasteiger partial charge in [-0.25, -0.2) is 0 Å². The van der Waals surface area contributed by atoms with E-state index in [2.05, 4.69) is 5.32 Å². The molecule has 0 aromatic heterocycles. The largest absolute Gasteiger partial charge is 0.374 e. The van der Waals surface area contributed by atoms with Crippen molar-refractivity contribution >= 4 is 23.4 Å². The molecule has 1 aromatic rings. The molecule has 0 radical (unpaired) electrons. The molecule has 1 rings (SSSR count). The Morgan fingerprint density at radius 2 is 2.00 bits per heavy atom. The molecule has 1 aromatic carbocycles. The Hall–Kier alpha value is -1.04. The second kappa shape index (κ2) is 9.00. The third-order valence-corrected chi connectivity index (χ3v) is 3.42. The first-order chi connectivity index (χ1) is 9.52. The van der Waals surface area contributed by atoms with Gasteiger partial charge >= 0.3 is 0 Å². The Labute approximate surface area is 125 Å². The fourth-order valence-electron chi connectivity index (χ4n) is 1.56. The predicted molar refractivity (Wildman–Crippen MR) is 86.0 cm³/mol. The number of nitrogens with two attached hydrogens (primary N) is 1. The van der Waals surface area contributed by atoms with E-state index in [1.165, 1.54) is 0 Å². The zero-order valence-electron chi connectivity index (χ0n) is 12.4. The molecular formula is C15H24N2O2S. The SMILES string of the molecule is CSCC[C@H](N)C(=O)Nc1ccc(COC(C)C)cc1. The summed E-state index contributed by atoms with van der Waals surface area (Å²) in [5.74, 6) is 0.755. The van der Waals surface area contributed by atoms with E-state index < -0.39 is 6.04 Å². The van der Waals surface area contributed by atoms with Crippen molar-refractivity contribution in [2.75, 3.05) is 17.3 Å². The van der Waals surface area contributed by atoms with Gasteiger partial charge in [-0.2, -0.15) is 11.8 Å². The zero-order chi connectivity index (χ0) is 15.0. The Morgan fingerprint density at radius 3 is 2.55 bits per heavy atom. The molecule has 0 heterocycles. The topological polar surface area (TPSA) is 64.4 Å².